The normalized spacial score (nSPS) is 14.9. The number of hydrogen-bond donors (Lipinski definition) is 1. The average molecular weight is 382 g/mol. The van der Waals surface area contributed by atoms with Crippen LogP contribution in [0.5, 0.6) is 0 Å². The van der Waals surface area contributed by atoms with Crippen LogP contribution >= 0.6 is 11.6 Å². The summed E-state index contributed by atoms with van der Waals surface area (Å²) in [4.78, 5) is 20.8. The van der Waals surface area contributed by atoms with Crippen molar-refractivity contribution in [2.45, 2.75) is 6.42 Å². The van der Waals surface area contributed by atoms with Crippen molar-refractivity contribution in [1.82, 2.24) is 20.1 Å². The molecule has 6 nitrogen and oxygen atoms in total. The molecule has 3 aromatic rings. The molecule has 1 N–H and O–H groups in total. The van der Waals surface area contributed by atoms with Gasteiger partial charge in [-0.3, -0.25) is 14.9 Å². The number of pyridine rings is 1. The predicted octanol–water partition coefficient (Wildman–Crippen LogP) is 3.48. The second kappa shape index (κ2) is 7.80. The summed E-state index contributed by atoms with van der Waals surface area (Å²) < 4.78 is 0. The molecule has 27 heavy (non-hydrogen) atoms. The molecule has 0 bridgehead atoms. The number of H-pyrrole nitrogens is 1. The number of aromatic nitrogens is 3. The van der Waals surface area contributed by atoms with Crippen LogP contribution in [0.1, 0.15) is 16.8 Å². The number of carbonyl (C=O) groups is 1. The second-order valence-corrected chi connectivity index (χ2v) is 6.95. The molecule has 1 amide bonds. The zero-order valence-electron chi connectivity index (χ0n) is 14.8. The Bertz CT molecular complexity index is 910. The van der Waals surface area contributed by atoms with Gasteiger partial charge in [0.2, 0.25) is 0 Å². The van der Waals surface area contributed by atoms with E-state index in [0.29, 0.717) is 17.1 Å². The lowest BCUT2D eigenvalue weighted by molar-refractivity contribution is 0.0767. The van der Waals surface area contributed by atoms with E-state index in [1.807, 2.05) is 35.2 Å². The Labute approximate surface area is 162 Å². The van der Waals surface area contributed by atoms with E-state index >= 15 is 0 Å². The molecule has 0 spiro atoms. The summed E-state index contributed by atoms with van der Waals surface area (Å²) in [5.41, 5.74) is 2.68. The largest absolute Gasteiger partial charge is 0.353 e. The first-order chi connectivity index (χ1) is 13.2. The fourth-order valence-electron chi connectivity index (χ4n) is 3.28. The SMILES string of the molecule is O=C(c1ccncc1)N1CCCN(c2cc(-c3ccc(Cl)cc3)[nH]n2)CC1. The van der Waals surface area contributed by atoms with Crippen molar-refractivity contribution in [2.75, 3.05) is 31.1 Å². The van der Waals surface area contributed by atoms with Gasteiger partial charge in [-0.2, -0.15) is 5.10 Å². The quantitative estimate of drug-likeness (QED) is 0.754. The lowest BCUT2D eigenvalue weighted by Gasteiger charge is -2.21. The lowest BCUT2D eigenvalue weighted by atomic mass is 10.1. The third-order valence-electron chi connectivity index (χ3n) is 4.75. The van der Waals surface area contributed by atoms with Gasteiger partial charge in [0, 0.05) is 55.2 Å². The van der Waals surface area contributed by atoms with E-state index in [2.05, 4.69) is 20.1 Å². The van der Waals surface area contributed by atoms with Crippen LogP contribution in [-0.4, -0.2) is 52.2 Å². The minimum Gasteiger partial charge on any atom is -0.353 e. The van der Waals surface area contributed by atoms with E-state index in [9.17, 15) is 4.79 Å². The van der Waals surface area contributed by atoms with Crippen molar-refractivity contribution in [2.24, 2.45) is 0 Å². The molecule has 1 saturated heterocycles. The van der Waals surface area contributed by atoms with Crippen LogP contribution in [0.4, 0.5) is 5.82 Å². The molecule has 1 fully saturated rings. The van der Waals surface area contributed by atoms with Crippen molar-refractivity contribution >= 4 is 23.3 Å². The predicted molar refractivity (Wildman–Crippen MR) is 106 cm³/mol. The van der Waals surface area contributed by atoms with Crippen LogP contribution in [0, 0.1) is 0 Å². The Morgan fingerprint density at radius 3 is 2.56 bits per heavy atom. The summed E-state index contributed by atoms with van der Waals surface area (Å²) in [5, 5.41) is 8.27. The van der Waals surface area contributed by atoms with Crippen LogP contribution in [-0.2, 0) is 0 Å². The van der Waals surface area contributed by atoms with Crippen LogP contribution in [0.15, 0.2) is 54.9 Å². The fourth-order valence-corrected chi connectivity index (χ4v) is 3.40. The summed E-state index contributed by atoms with van der Waals surface area (Å²) in [6.07, 6.45) is 4.21. The minimum absolute atomic E-state index is 0.0585. The van der Waals surface area contributed by atoms with Gasteiger partial charge in [0.1, 0.15) is 0 Å². The molecular weight excluding hydrogens is 362 g/mol. The molecule has 138 valence electrons. The molecule has 1 aliphatic rings. The highest BCUT2D eigenvalue weighted by Crippen LogP contribution is 2.24. The minimum atomic E-state index is 0.0585. The molecule has 2 aromatic heterocycles. The van der Waals surface area contributed by atoms with Crippen LogP contribution in [0.2, 0.25) is 5.02 Å². The number of hydrogen-bond acceptors (Lipinski definition) is 4. The zero-order chi connectivity index (χ0) is 18.6. The average Bonchev–Trinajstić information content (AvgIpc) is 3.07. The van der Waals surface area contributed by atoms with Gasteiger partial charge in [0.25, 0.3) is 5.91 Å². The van der Waals surface area contributed by atoms with Gasteiger partial charge in [-0.25, -0.2) is 0 Å². The summed E-state index contributed by atoms with van der Waals surface area (Å²) in [6.45, 7) is 3.03. The van der Waals surface area contributed by atoms with Gasteiger partial charge in [-0.15, -0.1) is 0 Å². The van der Waals surface area contributed by atoms with Gasteiger partial charge < -0.3 is 9.80 Å². The second-order valence-electron chi connectivity index (χ2n) is 6.52. The monoisotopic (exact) mass is 381 g/mol. The van der Waals surface area contributed by atoms with Crippen LogP contribution in [0.3, 0.4) is 0 Å². The molecular formula is C20H20ClN5O. The summed E-state index contributed by atoms with van der Waals surface area (Å²) in [5.74, 6) is 0.960. The Hall–Kier alpha value is -2.86. The molecule has 4 rings (SSSR count). The molecule has 7 heteroatoms. The lowest BCUT2D eigenvalue weighted by Crippen LogP contribution is -2.35. The standard InChI is InChI=1S/C20H20ClN5O/c21-17-4-2-15(3-5-17)18-14-19(24-23-18)25-10-1-11-26(13-12-25)20(27)16-6-8-22-9-7-16/h2-9,14H,1,10-13H2,(H,23,24). The van der Waals surface area contributed by atoms with E-state index in [1.54, 1.807) is 24.5 Å². The maximum Gasteiger partial charge on any atom is 0.254 e. The van der Waals surface area contributed by atoms with E-state index in [-0.39, 0.29) is 5.91 Å². The number of rotatable bonds is 3. The Morgan fingerprint density at radius 2 is 1.78 bits per heavy atom. The maximum absolute atomic E-state index is 12.7. The number of benzene rings is 1. The first-order valence-electron chi connectivity index (χ1n) is 8.96. The van der Waals surface area contributed by atoms with Crippen LogP contribution in [0.25, 0.3) is 11.3 Å². The first-order valence-corrected chi connectivity index (χ1v) is 9.34. The Morgan fingerprint density at radius 1 is 1.00 bits per heavy atom. The Balaban J connectivity index is 1.44. The third kappa shape index (κ3) is 3.95. The zero-order valence-corrected chi connectivity index (χ0v) is 15.6. The number of halogens is 1. The highest BCUT2D eigenvalue weighted by molar-refractivity contribution is 6.30. The molecule has 3 heterocycles. The van der Waals surface area contributed by atoms with Crippen molar-refractivity contribution in [3.8, 4) is 11.3 Å². The van der Waals surface area contributed by atoms with Crippen molar-refractivity contribution in [3.63, 3.8) is 0 Å². The van der Waals surface area contributed by atoms with Gasteiger partial charge in [0.15, 0.2) is 5.82 Å². The molecule has 0 unspecified atom stereocenters. The van der Waals surface area contributed by atoms with E-state index < -0.39 is 0 Å². The highest BCUT2D eigenvalue weighted by Gasteiger charge is 2.21. The van der Waals surface area contributed by atoms with Gasteiger partial charge in [-0.05, 0) is 36.2 Å². The van der Waals surface area contributed by atoms with E-state index in [1.165, 1.54) is 0 Å². The molecule has 1 aromatic carbocycles. The van der Waals surface area contributed by atoms with E-state index in [4.69, 9.17) is 11.6 Å². The molecule has 0 saturated carbocycles. The third-order valence-corrected chi connectivity index (χ3v) is 5.01. The van der Waals surface area contributed by atoms with Crippen LogP contribution < -0.4 is 4.90 Å². The van der Waals surface area contributed by atoms with Gasteiger partial charge in [0.05, 0.1) is 5.69 Å². The van der Waals surface area contributed by atoms with Gasteiger partial charge in [-0.1, -0.05) is 23.7 Å². The number of amides is 1. The topological polar surface area (TPSA) is 65.1 Å². The fraction of sp³-hybridized carbons (Fsp3) is 0.250. The number of carbonyl (C=O) groups excluding carboxylic acids is 1. The number of nitrogens with zero attached hydrogens (tertiary/aromatic N) is 4. The smallest absolute Gasteiger partial charge is 0.254 e. The number of anilines is 1. The summed E-state index contributed by atoms with van der Waals surface area (Å²) in [7, 11) is 0. The number of nitrogens with one attached hydrogen (secondary N) is 1. The van der Waals surface area contributed by atoms with Crippen molar-refractivity contribution in [3.05, 3.63) is 65.4 Å². The first kappa shape index (κ1) is 17.5. The van der Waals surface area contributed by atoms with Gasteiger partial charge >= 0.3 is 0 Å². The van der Waals surface area contributed by atoms with Crippen molar-refractivity contribution in [1.29, 1.82) is 0 Å². The van der Waals surface area contributed by atoms with E-state index in [0.717, 1.165) is 43.1 Å². The maximum atomic E-state index is 12.7. The molecule has 0 aliphatic carbocycles. The molecule has 0 atom stereocenters. The number of aromatic amines is 1. The highest BCUT2D eigenvalue weighted by atomic mass is 35.5. The van der Waals surface area contributed by atoms with Crippen molar-refractivity contribution < 1.29 is 4.79 Å². The Kier molecular flexibility index (Phi) is 5.07. The summed E-state index contributed by atoms with van der Waals surface area (Å²) in [6, 6.07) is 13.2. The molecule has 0 radical (unpaired) electrons. The summed E-state index contributed by atoms with van der Waals surface area (Å²) >= 11 is 5.96. The molecule has 1 aliphatic heterocycles.